The van der Waals surface area contributed by atoms with Crippen LogP contribution in [0.5, 0.6) is 0 Å². The molecule has 0 saturated carbocycles. The van der Waals surface area contributed by atoms with Crippen molar-refractivity contribution in [1.82, 2.24) is 4.90 Å². The zero-order chi connectivity index (χ0) is 10.0. The maximum absolute atomic E-state index is 11.8. The molecule has 1 fully saturated rings. The fourth-order valence-electron chi connectivity index (χ4n) is 1.74. The van der Waals surface area contributed by atoms with Crippen LogP contribution in [-0.4, -0.2) is 36.1 Å². The van der Waals surface area contributed by atoms with Gasteiger partial charge in [-0.15, -0.1) is 0 Å². The Morgan fingerprint density at radius 2 is 1.77 bits per heavy atom. The highest BCUT2D eigenvalue weighted by molar-refractivity contribution is 5.78. The summed E-state index contributed by atoms with van der Waals surface area (Å²) in [6.07, 6.45) is 0. The lowest BCUT2D eigenvalue weighted by atomic mass is 10.1. The van der Waals surface area contributed by atoms with Gasteiger partial charge in [0, 0.05) is 5.92 Å². The van der Waals surface area contributed by atoms with Crippen LogP contribution in [0, 0.1) is 5.92 Å². The number of carbonyl (C=O) groups is 1. The quantitative estimate of drug-likeness (QED) is 0.616. The van der Waals surface area contributed by atoms with Gasteiger partial charge >= 0.3 is 0 Å². The van der Waals surface area contributed by atoms with E-state index in [-0.39, 0.29) is 23.9 Å². The molecule has 0 aromatic carbocycles. The van der Waals surface area contributed by atoms with E-state index in [0.717, 1.165) is 0 Å². The van der Waals surface area contributed by atoms with Gasteiger partial charge in [0.15, 0.2) is 0 Å². The lowest BCUT2D eigenvalue weighted by Gasteiger charge is -2.39. The van der Waals surface area contributed by atoms with Crippen molar-refractivity contribution in [2.45, 2.75) is 39.8 Å². The van der Waals surface area contributed by atoms with Gasteiger partial charge in [-0.2, -0.15) is 0 Å². The second-order valence-corrected chi connectivity index (χ2v) is 4.14. The van der Waals surface area contributed by atoms with Gasteiger partial charge in [0.05, 0.1) is 25.3 Å². The maximum Gasteiger partial charge on any atom is 0.225 e. The molecule has 3 heteroatoms. The topological polar surface area (TPSA) is 29.5 Å². The minimum absolute atomic E-state index is 0.0861. The number of ether oxygens (including phenoxy) is 1. The number of amides is 1. The Morgan fingerprint density at radius 1 is 1.31 bits per heavy atom. The summed E-state index contributed by atoms with van der Waals surface area (Å²) in [5.74, 6) is 0.325. The fraction of sp³-hybridized carbons (Fsp3) is 0.900. The summed E-state index contributed by atoms with van der Waals surface area (Å²) in [5, 5.41) is 0. The predicted molar refractivity (Wildman–Crippen MR) is 51.4 cm³/mol. The van der Waals surface area contributed by atoms with E-state index in [0.29, 0.717) is 13.2 Å². The van der Waals surface area contributed by atoms with Gasteiger partial charge in [-0.05, 0) is 13.8 Å². The summed E-state index contributed by atoms with van der Waals surface area (Å²) in [6.45, 7) is 9.30. The van der Waals surface area contributed by atoms with Gasteiger partial charge in [0.25, 0.3) is 0 Å². The molecule has 0 aromatic heterocycles. The van der Waals surface area contributed by atoms with E-state index >= 15 is 0 Å². The molecule has 1 aliphatic rings. The van der Waals surface area contributed by atoms with Crippen LogP contribution in [0.25, 0.3) is 0 Å². The van der Waals surface area contributed by atoms with E-state index in [4.69, 9.17) is 4.74 Å². The van der Waals surface area contributed by atoms with E-state index in [1.54, 1.807) is 0 Å². The van der Waals surface area contributed by atoms with Crippen molar-refractivity contribution in [1.29, 1.82) is 0 Å². The summed E-state index contributed by atoms with van der Waals surface area (Å²) < 4.78 is 5.36. The summed E-state index contributed by atoms with van der Waals surface area (Å²) in [7, 11) is 0. The lowest BCUT2D eigenvalue weighted by molar-refractivity contribution is -0.147. The van der Waals surface area contributed by atoms with Crippen molar-refractivity contribution in [2.75, 3.05) is 13.2 Å². The average Bonchev–Trinajstić information content (AvgIpc) is 2.03. The molecule has 0 aliphatic carbocycles. The summed E-state index contributed by atoms with van der Waals surface area (Å²) in [5.41, 5.74) is 0. The van der Waals surface area contributed by atoms with Crippen molar-refractivity contribution in [3.63, 3.8) is 0 Å². The molecule has 0 aromatic rings. The Morgan fingerprint density at radius 3 is 2.15 bits per heavy atom. The normalized spacial score (nSPS) is 29.5. The SMILES string of the molecule is CC(C)C(=O)N1C(C)COCC1C. The summed E-state index contributed by atoms with van der Waals surface area (Å²) in [4.78, 5) is 13.7. The third-order valence-electron chi connectivity index (χ3n) is 2.42. The highest BCUT2D eigenvalue weighted by Gasteiger charge is 2.30. The van der Waals surface area contributed by atoms with E-state index in [2.05, 4.69) is 0 Å². The molecule has 13 heavy (non-hydrogen) atoms. The van der Waals surface area contributed by atoms with E-state index in [1.165, 1.54) is 0 Å². The van der Waals surface area contributed by atoms with Gasteiger partial charge in [0.1, 0.15) is 0 Å². The van der Waals surface area contributed by atoms with Crippen LogP contribution in [0.2, 0.25) is 0 Å². The van der Waals surface area contributed by atoms with E-state index < -0.39 is 0 Å². The van der Waals surface area contributed by atoms with Gasteiger partial charge in [-0.1, -0.05) is 13.8 Å². The molecule has 0 N–H and O–H groups in total. The molecule has 3 nitrogen and oxygen atoms in total. The molecule has 2 atom stereocenters. The Kier molecular flexibility index (Phi) is 3.31. The number of morpholine rings is 1. The van der Waals surface area contributed by atoms with Crippen molar-refractivity contribution in [3.8, 4) is 0 Å². The van der Waals surface area contributed by atoms with Gasteiger partial charge in [0.2, 0.25) is 5.91 Å². The minimum atomic E-state index is 0.0861. The maximum atomic E-state index is 11.8. The van der Waals surface area contributed by atoms with Crippen LogP contribution in [0.4, 0.5) is 0 Å². The van der Waals surface area contributed by atoms with Crippen LogP contribution in [0.15, 0.2) is 0 Å². The van der Waals surface area contributed by atoms with Crippen molar-refractivity contribution < 1.29 is 9.53 Å². The van der Waals surface area contributed by atoms with Gasteiger partial charge < -0.3 is 9.64 Å². The molecule has 1 amide bonds. The van der Waals surface area contributed by atoms with E-state index in [1.807, 2.05) is 32.6 Å². The third kappa shape index (κ3) is 2.21. The standard InChI is InChI=1S/C10H19NO2/c1-7(2)10(12)11-8(3)5-13-6-9(11)4/h7-9H,5-6H2,1-4H3. The monoisotopic (exact) mass is 185 g/mol. The molecule has 1 saturated heterocycles. The second-order valence-electron chi connectivity index (χ2n) is 4.14. The number of hydrogen-bond donors (Lipinski definition) is 0. The lowest BCUT2D eigenvalue weighted by Crippen LogP contribution is -2.53. The first-order chi connectivity index (χ1) is 6.04. The molecule has 1 aliphatic heterocycles. The third-order valence-corrected chi connectivity index (χ3v) is 2.42. The molecule has 1 rings (SSSR count). The Labute approximate surface area is 80.1 Å². The van der Waals surface area contributed by atoms with Crippen molar-refractivity contribution >= 4 is 5.91 Å². The van der Waals surface area contributed by atoms with Gasteiger partial charge in [-0.25, -0.2) is 0 Å². The minimum Gasteiger partial charge on any atom is -0.377 e. The first-order valence-corrected chi connectivity index (χ1v) is 4.94. The van der Waals surface area contributed by atoms with Crippen LogP contribution in [0.3, 0.4) is 0 Å². The highest BCUT2D eigenvalue weighted by Crippen LogP contribution is 2.16. The molecular formula is C10H19NO2. The Bertz CT molecular complexity index is 181. The average molecular weight is 185 g/mol. The first-order valence-electron chi connectivity index (χ1n) is 4.94. The number of nitrogens with zero attached hydrogens (tertiary/aromatic N) is 1. The smallest absolute Gasteiger partial charge is 0.225 e. The highest BCUT2D eigenvalue weighted by atomic mass is 16.5. The zero-order valence-corrected chi connectivity index (χ0v) is 8.91. The summed E-state index contributed by atoms with van der Waals surface area (Å²) in [6, 6.07) is 0.442. The van der Waals surface area contributed by atoms with Crippen molar-refractivity contribution in [3.05, 3.63) is 0 Å². The fourth-order valence-corrected chi connectivity index (χ4v) is 1.74. The molecule has 0 spiro atoms. The summed E-state index contributed by atoms with van der Waals surface area (Å²) >= 11 is 0. The van der Waals surface area contributed by atoms with Crippen LogP contribution in [-0.2, 0) is 9.53 Å². The number of carbonyl (C=O) groups excluding carboxylic acids is 1. The molecule has 0 bridgehead atoms. The molecule has 0 radical (unpaired) electrons. The van der Waals surface area contributed by atoms with Crippen LogP contribution in [0.1, 0.15) is 27.7 Å². The molecule has 1 heterocycles. The Hall–Kier alpha value is -0.570. The predicted octanol–water partition coefficient (Wildman–Crippen LogP) is 1.28. The largest absolute Gasteiger partial charge is 0.377 e. The molecule has 76 valence electrons. The van der Waals surface area contributed by atoms with Crippen LogP contribution < -0.4 is 0 Å². The Balaban J connectivity index is 2.68. The zero-order valence-electron chi connectivity index (χ0n) is 8.91. The number of rotatable bonds is 1. The van der Waals surface area contributed by atoms with Crippen molar-refractivity contribution in [2.24, 2.45) is 5.92 Å². The van der Waals surface area contributed by atoms with E-state index in [9.17, 15) is 4.79 Å². The molecule has 2 unspecified atom stereocenters. The first kappa shape index (κ1) is 10.5. The van der Waals surface area contributed by atoms with Gasteiger partial charge in [-0.3, -0.25) is 4.79 Å². The number of hydrogen-bond acceptors (Lipinski definition) is 2. The van der Waals surface area contributed by atoms with Crippen LogP contribution >= 0.6 is 0 Å². The second kappa shape index (κ2) is 4.09. The molecular weight excluding hydrogens is 166 g/mol.